The minimum absolute atomic E-state index is 0.861. The Hall–Kier alpha value is -7.10. The van der Waals surface area contributed by atoms with Crippen molar-refractivity contribution in [1.82, 2.24) is 4.40 Å². The van der Waals surface area contributed by atoms with Gasteiger partial charge in [0.2, 0.25) is 0 Å². The van der Waals surface area contributed by atoms with Crippen LogP contribution in [0, 0.1) is 0 Å². The maximum Gasteiger partial charge on any atom is 0.137 e. The Morgan fingerprint density at radius 1 is 0.358 bits per heavy atom. The van der Waals surface area contributed by atoms with Gasteiger partial charge < -0.3 is 13.7 Å². The summed E-state index contributed by atoms with van der Waals surface area (Å²) in [6, 6.07) is 69.7. The van der Waals surface area contributed by atoms with E-state index >= 15 is 0 Å². The summed E-state index contributed by atoms with van der Waals surface area (Å²) in [5.41, 5.74) is 13.3. The van der Waals surface area contributed by atoms with Crippen molar-refractivity contribution in [2.75, 3.05) is 4.90 Å². The molecule has 0 atom stereocenters. The molecule has 0 N–H and O–H groups in total. The van der Waals surface area contributed by atoms with E-state index in [0.717, 1.165) is 50.1 Å². The number of para-hydroxylation sites is 1. The van der Waals surface area contributed by atoms with Crippen LogP contribution in [-0.2, 0) is 0 Å². The van der Waals surface area contributed by atoms with Crippen LogP contribution in [0.2, 0.25) is 0 Å². The van der Waals surface area contributed by atoms with Crippen LogP contribution in [0.15, 0.2) is 199 Å². The predicted octanol–water partition coefficient (Wildman–Crippen LogP) is 14.1. The van der Waals surface area contributed by atoms with Crippen LogP contribution in [0.25, 0.3) is 82.3 Å². The molecule has 11 rings (SSSR count). The molecule has 0 aliphatic carbocycles. The lowest BCUT2D eigenvalue weighted by atomic mass is 10.0. The number of anilines is 3. The summed E-state index contributed by atoms with van der Waals surface area (Å²) >= 11 is 0. The summed E-state index contributed by atoms with van der Waals surface area (Å²) in [6.45, 7) is 0. The van der Waals surface area contributed by atoms with Crippen molar-refractivity contribution in [3.05, 3.63) is 194 Å². The number of aromatic nitrogens is 1. The molecule has 11 aromatic rings. The molecular weight excluding hydrogens is 645 g/mol. The Balaban J connectivity index is 1.17. The van der Waals surface area contributed by atoms with E-state index in [2.05, 4.69) is 197 Å². The lowest BCUT2D eigenvalue weighted by molar-refractivity contribution is 0.669. The van der Waals surface area contributed by atoms with Crippen molar-refractivity contribution in [3.8, 4) is 22.3 Å². The summed E-state index contributed by atoms with van der Waals surface area (Å²) < 4.78 is 9.10. The van der Waals surface area contributed by atoms with Crippen molar-refractivity contribution >= 4 is 77.1 Å². The van der Waals surface area contributed by atoms with Gasteiger partial charge in [-0.25, -0.2) is 0 Å². The normalized spacial score (nSPS) is 11.8. The molecule has 8 aromatic carbocycles. The third kappa shape index (κ3) is 4.68. The maximum atomic E-state index is 6.66. The predicted molar refractivity (Wildman–Crippen MR) is 223 cm³/mol. The molecule has 0 saturated heterocycles. The molecule has 0 spiro atoms. The number of hydrogen-bond acceptors (Lipinski definition) is 2. The third-order valence-corrected chi connectivity index (χ3v) is 10.7. The summed E-state index contributed by atoms with van der Waals surface area (Å²) in [4.78, 5) is 2.39. The first-order valence-corrected chi connectivity index (χ1v) is 18.1. The van der Waals surface area contributed by atoms with E-state index in [9.17, 15) is 0 Å². The van der Waals surface area contributed by atoms with Crippen molar-refractivity contribution in [3.63, 3.8) is 0 Å². The number of fused-ring (bicyclic) bond motifs is 9. The zero-order valence-corrected chi connectivity index (χ0v) is 28.8. The van der Waals surface area contributed by atoms with E-state index < -0.39 is 0 Å². The summed E-state index contributed by atoms with van der Waals surface area (Å²) in [7, 11) is 0. The fraction of sp³-hybridized carbons (Fsp3) is 0. The molecule has 3 aromatic heterocycles. The quantitative estimate of drug-likeness (QED) is 0.181. The minimum atomic E-state index is 0.861. The molecule has 0 fully saturated rings. The molecule has 0 amide bonds. The van der Waals surface area contributed by atoms with Gasteiger partial charge in [-0.1, -0.05) is 133 Å². The van der Waals surface area contributed by atoms with Crippen LogP contribution < -0.4 is 4.90 Å². The zero-order valence-electron chi connectivity index (χ0n) is 28.8. The van der Waals surface area contributed by atoms with Gasteiger partial charge in [0.15, 0.2) is 0 Å². The Morgan fingerprint density at radius 2 is 1.00 bits per heavy atom. The van der Waals surface area contributed by atoms with Crippen LogP contribution >= 0.6 is 0 Å². The van der Waals surface area contributed by atoms with Gasteiger partial charge in [-0.15, -0.1) is 0 Å². The van der Waals surface area contributed by atoms with E-state index in [-0.39, 0.29) is 0 Å². The van der Waals surface area contributed by atoms with Gasteiger partial charge in [-0.05, 0) is 82.1 Å². The van der Waals surface area contributed by atoms with Crippen molar-refractivity contribution in [2.24, 2.45) is 0 Å². The van der Waals surface area contributed by atoms with Crippen molar-refractivity contribution < 1.29 is 4.42 Å². The number of pyridine rings is 1. The number of furan rings is 1. The number of benzene rings is 8. The van der Waals surface area contributed by atoms with Crippen molar-refractivity contribution in [2.45, 2.75) is 0 Å². The third-order valence-electron chi connectivity index (χ3n) is 10.7. The molecule has 0 aliphatic heterocycles. The molecular formula is C50H32N2O. The van der Waals surface area contributed by atoms with Gasteiger partial charge in [-0.3, -0.25) is 0 Å². The van der Waals surface area contributed by atoms with Gasteiger partial charge in [0.05, 0.1) is 22.2 Å². The highest BCUT2D eigenvalue weighted by Gasteiger charge is 2.21. The van der Waals surface area contributed by atoms with Gasteiger partial charge in [-0.2, -0.15) is 0 Å². The van der Waals surface area contributed by atoms with Crippen LogP contribution in [0.3, 0.4) is 0 Å². The van der Waals surface area contributed by atoms with Crippen LogP contribution in [0.5, 0.6) is 0 Å². The van der Waals surface area contributed by atoms with Crippen LogP contribution in [0.1, 0.15) is 0 Å². The first-order chi connectivity index (χ1) is 26.3. The average molecular weight is 677 g/mol. The second-order valence-electron chi connectivity index (χ2n) is 13.7. The van der Waals surface area contributed by atoms with E-state index in [1.165, 1.54) is 49.3 Å². The van der Waals surface area contributed by atoms with Gasteiger partial charge in [0.1, 0.15) is 11.2 Å². The van der Waals surface area contributed by atoms with Gasteiger partial charge >= 0.3 is 0 Å². The van der Waals surface area contributed by atoms with Gasteiger partial charge in [0, 0.05) is 44.5 Å². The Labute approximate surface area is 306 Å². The number of rotatable bonds is 5. The maximum absolute atomic E-state index is 6.66. The molecule has 3 nitrogen and oxygen atoms in total. The van der Waals surface area contributed by atoms with E-state index in [1.54, 1.807) is 0 Å². The van der Waals surface area contributed by atoms with Crippen LogP contribution in [0.4, 0.5) is 17.1 Å². The smallest absolute Gasteiger partial charge is 0.137 e. The molecule has 0 aliphatic rings. The second-order valence-corrected chi connectivity index (χ2v) is 13.7. The highest BCUT2D eigenvalue weighted by molar-refractivity contribution is 6.11. The molecule has 0 bridgehead atoms. The van der Waals surface area contributed by atoms with Crippen molar-refractivity contribution in [1.29, 1.82) is 0 Å². The lowest BCUT2D eigenvalue weighted by Crippen LogP contribution is -2.10. The highest BCUT2D eigenvalue weighted by atomic mass is 16.3. The Morgan fingerprint density at radius 3 is 1.83 bits per heavy atom. The first-order valence-electron chi connectivity index (χ1n) is 18.1. The molecule has 0 radical (unpaired) electrons. The van der Waals surface area contributed by atoms with Gasteiger partial charge in [0.25, 0.3) is 0 Å². The summed E-state index contributed by atoms with van der Waals surface area (Å²) in [5.74, 6) is 0. The molecule has 248 valence electrons. The Kier molecular flexibility index (Phi) is 6.55. The average Bonchev–Trinajstić information content (AvgIpc) is 3.76. The zero-order chi connectivity index (χ0) is 34.9. The van der Waals surface area contributed by atoms with Crippen LogP contribution in [-0.4, -0.2) is 4.40 Å². The summed E-state index contributed by atoms with van der Waals surface area (Å²) in [5, 5.41) is 7.02. The largest absolute Gasteiger partial charge is 0.456 e. The fourth-order valence-corrected chi connectivity index (χ4v) is 8.31. The minimum Gasteiger partial charge on any atom is -0.456 e. The fourth-order valence-electron chi connectivity index (χ4n) is 8.31. The molecule has 53 heavy (non-hydrogen) atoms. The molecule has 0 saturated carbocycles. The molecule has 3 heterocycles. The second kappa shape index (κ2) is 11.7. The number of nitrogens with zero attached hydrogens (tertiary/aromatic N) is 2. The molecule has 3 heteroatoms. The standard InChI is InChI=1S/C50H32N2O/c1-3-12-33(13-4-1)37-22-26-41-42-27-24-39(32-49(42)53-48(41)30-37)51(45-21-11-18-34-14-7-9-19-40(34)45)38-25-28-43-47(31-38)52-44-20-10-8-15-35(44)23-29-46(52)50(43)36-16-5-2-6-17-36/h1-32H. The van der Waals surface area contributed by atoms with E-state index in [0.29, 0.717) is 0 Å². The first kappa shape index (κ1) is 29.6. The monoisotopic (exact) mass is 676 g/mol. The SMILES string of the molecule is c1ccc(-c2ccc3c(c2)oc2cc(N(c4ccc5c(-c6ccccc6)c6ccc7ccccc7n6c5c4)c4cccc5ccccc45)ccc23)cc1. The van der Waals surface area contributed by atoms with E-state index in [1.807, 2.05) is 6.07 Å². The lowest BCUT2D eigenvalue weighted by Gasteiger charge is -2.27. The Bertz CT molecular complexity index is 3170. The summed E-state index contributed by atoms with van der Waals surface area (Å²) in [6.07, 6.45) is 0. The highest BCUT2D eigenvalue weighted by Crippen LogP contribution is 2.45. The number of hydrogen-bond donors (Lipinski definition) is 0. The van der Waals surface area contributed by atoms with E-state index in [4.69, 9.17) is 4.42 Å². The topological polar surface area (TPSA) is 20.8 Å². The molecule has 0 unspecified atom stereocenters.